The predicted octanol–water partition coefficient (Wildman–Crippen LogP) is 2.99. The molecule has 1 aromatic rings. The number of benzene rings is 1. The van der Waals surface area contributed by atoms with Crippen LogP contribution >= 0.6 is 0 Å². The fraction of sp³-hybridized carbons (Fsp3) is 0.455. The molecule has 0 spiro atoms. The Morgan fingerprint density at radius 2 is 1.61 bits per heavy atom. The Balaban J connectivity index is 2.56. The van der Waals surface area contributed by atoms with Gasteiger partial charge in [-0.1, -0.05) is 12.1 Å². The predicted molar refractivity (Wildman–Crippen MR) is 55.2 cm³/mol. The largest absolute Gasteiger partial charge is 0.416 e. The third kappa shape index (κ3) is 4.58. The number of hydrogen-bond acceptors (Lipinski definition) is 2. The zero-order valence-electron chi connectivity index (χ0n) is 9.25. The van der Waals surface area contributed by atoms with Crippen molar-refractivity contribution in [3.05, 3.63) is 35.4 Å². The Morgan fingerprint density at radius 1 is 1.06 bits per heavy atom. The van der Waals surface area contributed by atoms with Crippen molar-refractivity contribution >= 4 is 0 Å². The number of nitrogens with two attached hydrogens (primary N) is 1. The molecule has 18 heavy (non-hydrogen) atoms. The van der Waals surface area contributed by atoms with E-state index in [4.69, 9.17) is 5.73 Å². The molecule has 2 N–H and O–H groups in total. The van der Waals surface area contributed by atoms with Crippen LogP contribution in [0.15, 0.2) is 24.3 Å². The first kappa shape index (κ1) is 14.8. The minimum atomic E-state index is -4.41. The topological polar surface area (TPSA) is 35.2 Å². The molecule has 2 nitrogen and oxygen atoms in total. The van der Waals surface area contributed by atoms with E-state index in [2.05, 4.69) is 4.74 Å². The number of rotatable bonds is 5. The lowest BCUT2D eigenvalue weighted by Crippen LogP contribution is -2.19. The van der Waals surface area contributed by atoms with Crippen LogP contribution in [0.4, 0.5) is 22.0 Å². The Hall–Kier alpha value is -1.21. The van der Waals surface area contributed by atoms with E-state index in [0.29, 0.717) is 5.56 Å². The first-order valence-corrected chi connectivity index (χ1v) is 5.09. The normalized spacial score (nSPS) is 13.9. The molecule has 0 saturated heterocycles. The lowest BCUT2D eigenvalue weighted by Gasteiger charge is -2.13. The van der Waals surface area contributed by atoms with E-state index in [-0.39, 0.29) is 6.61 Å². The summed E-state index contributed by atoms with van der Waals surface area (Å²) >= 11 is 0. The third-order valence-corrected chi connectivity index (χ3v) is 2.21. The van der Waals surface area contributed by atoms with Crippen molar-refractivity contribution in [2.45, 2.75) is 18.6 Å². The van der Waals surface area contributed by atoms with Gasteiger partial charge in [0.2, 0.25) is 0 Å². The van der Waals surface area contributed by atoms with E-state index < -0.39 is 30.8 Å². The lowest BCUT2D eigenvalue weighted by molar-refractivity contribution is -0.137. The van der Waals surface area contributed by atoms with Gasteiger partial charge in [-0.25, -0.2) is 8.78 Å². The Morgan fingerprint density at radius 3 is 2.06 bits per heavy atom. The second-order valence-electron chi connectivity index (χ2n) is 3.65. The highest BCUT2D eigenvalue weighted by molar-refractivity contribution is 5.26. The van der Waals surface area contributed by atoms with E-state index >= 15 is 0 Å². The molecule has 1 aromatic carbocycles. The molecule has 0 fully saturated rings. The summed E-state index contributed by atoms with van der Waals surface area (Å²) in [4.78, 5) is 0. The number of ether oxygens (including phenoxy) is 1. The molecule has 0 aliphatic heterocycles. The van der Waals surface area contributed by atoms with Gasteiger partial charge in [-0.2, -0.15) is 13.2 Å². The zero-order chi connectivity index (χ0) is 13.8. The monoisotopic (exact) mass is 269 g/mol. The van der Waals surface area contributed by atoms with Gasteiger partial charge in [0.05, 0.1) is 18.2 Å². The summed E-state index contributed by atoms with van der Waals surface area (Å²) in [5, 5.41) is 0. The van der Waals surface area contributed by atoms with Crippen LogP contribution in [0.2, 0.25) is 0 Å². The fourth-order valence-corrected chi connectivity index (χ4v) is 1.30. The van der Waals surface area contributed by atoms with Crippen molar-refractivity contribution in [3.63, 3.8) is 0 Å². The zero-order valence-corrected chi connectivity index (χ0v) is 9.25. The lowest BCUT2D eigenvalue weighted by atomic mass is 10.1. The van der Waals surface area contributed by atoms with Crippen molar-refractivity contribution in [1.29, 1.82) is 0 Å². The minimum Gasteiger partial charge on any atom is -0.374 e. The Bertz CT molecular complexity index is 363. The van der Waals surface area contributed by atoms with Gasteiger partial charge in [-0.3, -0.25) is 0 Å². The van der Waals surface area contributed by atoms with Crippen molar-refractivity contribution in [3.8, 4) is 0 Å². The van der Waals surface area contributed by atoms with Crippen molar-refractivity contribution < 1.29 is 26.7 Å². The minimum absolute atomic E-state index is 0.171. The molecular weight excluding hydrogens is 257 g/mol. The van der Waals surface area contributed by atoms with Gasteiger partial charge in [-0.05, 0) is 17.7 Å². The molecule has 0 amide bonds. The summed E-state index contributed by atoms with van der Waals surface area (Å²) in [6, 6.07) is 3.47. The first-order chi connectivity index (χ1) is 8.30. The summed E-state index contributed by atoms with van der Waals surface area (Å²) in [5.74, 6) is 0. The molecule has 102 valence electrons. The van der Waals surface area contributed by atoms with E-state index in [1.165, 1.54) is 12.1 Å². The van der Waals surface area contributed by atoms with Gasteiger partial charge in [-0.15, -0.1) is 0 Å². The van der Waals surface area contributed by atoms with Gasteiger partial charge in [0, 0.05) is 0 Å². The number of hydrogen-bond donors (Lipinski definition) is 1. The van der Waals surface area contributed by atoms with Crippen LogP contribution in [0.1, 0.15) is 17.2 Å². The molecule has 0 aliphatic carbocycles. The van der Waals surface area contributed by atoms with E-state index in [1.54, 1.807) is 0 Å². The van der Waals surface area contributed by atoms with Gasteiger partial charge in [0.15, 0.2) is 0 Å². The summed E-state index contributed by atoms with van der Waals surface area (Å²) < 4.78 is 65.0. The maximum atomic E-state index is 12.3. The highest BCUT2D eigenvalue weighted by atomic mass is 19.4. The van der Waals surface area contributed by atoms with Gasteiger partial charge in [0.1, 0.15) is 6.61 Å². The van der Waals surface area contributed by atoms with Crippen LogP contribution in [0.25, 0.3) is 0 Å². The molecule has 7 heteroatoms. The first-order valence-electron chi connectivity index (χ1n) is 5.09. The molecule has 1 unspecified atom stereocenters. The molecule has 1 atom stereocenters. The van der Waals surface area contributed by atoms with Crippen molar-refractivity contribution in [1.82, 2.24) is 0 Å². The van der Waals surface area contributed by atoms with Crippen LogP contribution in [0.3, 0.4) is 0 Å². The fourth-order valence-electron chi connectivity index (χ4n) is 1.30. The van der Waals surface area contributed by atoms with Crippen LogP contribution in [-0.4, -0.2) is 19.6 Å². The SMILES string of the molecule is NC(COCC(F)F)c1ccc(C(F)(F)F)cc1. The molecule has 0 aliphatic rings. The van der Waals surface area contributed by atoms with Crippen molar-refractivity contribution in [2.24, 2.45) is 5.73 Å². The Kier molecular flexibility index (Phi) is 5.03. The number of alkyl halides is 5. The highest BCUT2D eigenvalue weighted by Gasteiger charge is 2.30. The molecule has 0 heterocycles. The Labute approximate surface area is 101 Å². The average molecular weight is 269 g/mol. The summed E-state index contributed by atoms with van der Waals surface area (Å²) in [6.45, 7) is -0.913. The van der Waals surface area contributed by atoms with E-state index in [9.17, 15) is 22.0 Å². The molecule has 1 rings (SSSR count). The van der Waals surface area contributed by atoms with Gasteiger partial charge >= 0.3 is 6.18 Å². The average Bonchev–Trinajstić information content (AvgIpc) is 2.27. The number of halogens is 5. The molecule has 0 saturated carbocycles. The maximum absolute atomic E-state index is 12.3. The van der Waals surface area contributed by atoms with Crippen LogP contribution in [-0.2, 0) is 10.9 Å². The summed E-state index contributed by atoms with van der Waals surface area (Å²) in [7, 11) is 0. The quantitative estimate of drug-likeness (QED) is 0.834. The maximum Gasteiger partial charge on any atom is 0.416 e. The summed E-state index contributed by atoms with van der Waals surface area (Å²) in [6.07, 6.45) is -7.00. The standard InChI is InChI=1S/C11H12F5NO/c12-10(13)6-18-5-9(17)7-1-3-8(4-2-7)11(14,15)16/h1-4,9-10H,5-6,17H2. The van der Waals surface area contributed by atoms with E-state index in [0.717, 1.165) is 12.1 Å². The van der Waals surface area contributed by atoms with Crippen LogP contribution in [0.5, 0.6) is 0 Å². The van der Waals surface area contributed by atoms with E-state index in [1.807, 2.05) is 0 Å². The molecule has 0 radical (unpaired) electrons. The second-order valence-corrected chi connectivity index (χ2v) is 3.65. The molecular formula is C11H12F5NO. The van der Waals surface area contributed by atoms with Crippen LogP contribution in [0, 0.1) is 0 Å². The van der Waals surface area contributed by atoms with Gasteiger partial charge in [0.25, 0.3) is 6.43 Å². The van der Waals surface area contributed by atoms with Crippen LogP contribution < -0.4 is 5.73 Å². The third-order valence-electron chi connectivity index (χ3n) is 2.21. The molecule has 0 bridgehead atoms. The smallest absolute Gasteiger partial charge is 0.374 e. The van der Waals surface area contributed by atoms with Gasteiger partial charge < -0.3 is 10.5 Å². The second kappa shape index (κ2) is 6.10. The highest BCUT2D eigenvalue weighted by Crippen LogP contribution is 2.29. The summed E-state index contributed by atoms with van der Waals surface area (Å²) in [5.41, 5.74) is 5.20. The van der Waals surface area contributed by atoms with Crippen molar-refractivity contribution in [2.75, 3.05) is 13.2 Å². The molecule has 0 aromatic heterocycles.